The van der Waals surface area contributed by atoms with Crippen LogP contribution in [0.3, 0.4) is 0 Å². The first kappa shape index (κ1) is 15.9. The lowest BCUT2D eigenvalue weighted by molar-refractivity contribution is 0.600. The summed E-state index contributed by atoms with van der Waals surface area (Å²) in [6.07, 6.45) is 0. The first-order valence-electron chi connectivity index (χ1n) is 5.45. The highest BCUT2D eigenvalue weighted by molar-refractivity contribution is 9.11. The predicted octanol–water partition coefficient (Wildman–Crippen LogP) is 4.83. The van der Waals surface area contributed by atoms with Gasteiger partial charge in [0, 0.05) is 4.88 Å². The minimum absolute atomic E-state index is 0.192. The quantitative estimate of drug-likeness (QED) is 0.739. The number of benzene rings is 1. The number of rotatable bonds is 3. The topological polar surface area (TPSA) is 46.2 Å². The molecule has 1 aromatic heterocycles. The van der Waals surface area contributed by atoms with E-state index in [9.17, 15) is 12.8 Å². The molecule has 0 aliphatic heterocycles. The third kappa shape index (κ3) is 3.24. The normalized spacial score (nSPS) is 11.7. The summed E-state index contributed by atoms with van der Waals surface area (Å²) < 4.78 is 41.6. The molecule has 0 amide bonds. The van der Waals surface area contributed by atoms with Gasteiger partial charge in [0.25, 0.3) is 10.0 Å². The minimum atomic E-state index is -3.73. The van der Waals surface area contributed by atoms with E-state index < -0.39 is 15.8 Å². The maximum atomic E-state index is 13.5. The number of nitrogens with one attached hydrogen (secondary N) is 1. The highest BCUT2D eigenvalue weighted by Gasteiger charge is 2.21. The van der Waals surface area contributed by atoms with Crippen molar-refractivity contribution in [2.45, 2.75) is 18.7 Å². The smallest absolute Gasteiger partial charge is 0.263 e. The van der Waals surface area contributed by atoms with Crippen molar-refractivity contribution in [3.05, 3.63) is 42.7 Å². The van der Waals surface area contributed by atoms with E-state index in [1.165, 1.54) is 23.5 Å². The van der Waals surface area contributed by atoms with Crippen LogP contribution in [0.1, 0.15) is 10.4 Å². The Bertz CT molecular complexity index is 772. The number of sulfonamides is 1. The van der Waals surface area contributed by atoms with Gasteiger partial charge in [-0.15, -0.1) is 11.3 Å². The molecule has 1 N–H and O–H groups in total. The van der Waals surface area contributed by atoms with Crippen molar-refractivity contribution in [2.75, 3.05) is 4.72 Å². The van der Waals surface area contributed by atoms with E-state index >= 15 is 0 Å². The van der Waals surface area contributed by atoms with E-state index in [0.29, 0.717) is 14.9 Å². The molecule has 0 bridgehead atoms. The van der Waals surface area contributed by atoms with Crippen LogP contribution in [0.15, 0.2) is 31.4 Å². The highest BCUT2D eigenvalue weighted by Crippen LogP contribution is 2.32. The van der Waals surface area contributed by atoms with Crippen LogP contribution >= 0.6 is 43.2 Å². The average Bonchev–Trinajstić information content (AvgIpc) is 2.66. The molecule has 0 radical (unpaired) electrons. The molecule has 3 nitrogen and oxygen atoms in total. The van der Waals surface area contributed by atoms with Crippen molar-refractivity contribution in [3.8, 4) is 0 Å². The zero-order valence-corrected chi connectivity index (χ0v) is 15.3. The summed E-state index contributed by atoms with van der Waals surface area (Å²) in [5, 5.41) is 0. The molecule has 0 aliphatic carbocycles. The van der Waals surface area contributed by atoms with E-state index in [4.69, 9.17) is 0 Å². The lowest BCUT2D eigenvalue weighted by Crippen LogP contribution is -2.14. The second kappa shape index (κ2) is 5.75. The van der Waals surface area contributed by atoms with E-state index in [1.54, 1.807) is 13.8 Å². The molecule has 1 heterocycles. The van der Waals surface area contributed by atoms with Gasteiger partial charge >= 0.3 is 0 Å². The van der Waals surface area contributed by atoms with Gasteiger partial charge in [-0.2, -0.15) is 0 Å². The van der Waals surface area contributed by atoms with Gasteiger partial charge in [0.1, 0.15) is 10.7 Å². The molecule has 0 fully saturated rings. The third-order valence-corrected chi connectivity index (χ3v) is 6.43. The molecule has 0 spiro atoms. The first-order chi connectivity index (χ1) is 9.20. The van der Waals surface area contributed by atoms with Crippen LogP contribution < -0.4 is 4.72 Å². The molecular weight excluding hydrogens is 433 g/mol. The maximum Gasteiger partial charge on any atom is 0.263 e. The van der Waals surface area contributed by atoms with Crippen LogP contribution in [-0.2, 0) is 10.0 Å². The standard InChI is InChI=1S/C12H10Br2FNO2S2/c1-6-3-8(13)9(15)4-10(6)16-20(17,18)11-5-12(14)19-7(11)2/h3-5,16H,1-2H3. The molecule has 2 rings (SSSR count). The summed E-state index contributed by atoms with van der Waals surface area (Å²) in [6.45, 7) is 3.43. The SMILES string of the molecule is Cc1cc(Br)c(F)cc1NS(=O)(=O)c1cc(Br)sc1C. The summed E-state index contributed by atoms with van der Waals surface area (Å²) in [7, 11) is -3.73. The Morgan fingerprint density at radius 2 is 1.85 bits per heavy atom. The Morgan fingerprint density at radius 3 is 2.40 bits per heavy atom. The van der Waals surface area contributed by atoms with E-state index in [0.717, 1.165) is 9.85 Å². The third-order valence-electron chi connectivity index (χ3n) is 2.64. The van der Waals surface area contributed by atoms with Crippen LogP contribution in [0.4, 0.5) is 10.1 Å². The Morgan fingerprint density at radius 1 is 1.20 bits per heavy atom. The fourth-order valence-corrected chi connectivity index (χ4v) is 5.65. The fourth-order valence-electron chi connectivity index (χ4n) is 1.65. The van der Waals surface area contributed by atoms with Crippen LogP contribution in [0, 0.1) is 19.7 Å². The van der Waals surface area contributed by atoms with Crippen molar-refractivity contribution < 1.29 is 12.8 Å². The predicted molar refractivity (Wildman–Crippen MR) is 86.4 cm³/mol. The molecule has 0 saturated heterocycles. The molecule has 1 aromatic carbocycles. The average molecular weight is 443 g/mol. The monoisotopic (exact) mass is 441 g/mol. The molecule has 2 aromatic rings. The van der Waals surface area contributed by atoms with Crippen molar-refractivity contribution in [2.24, 2.45) is 0 Å². The van der Waals surface area contributed by atoms with E-state index in [1.807, 2.05) is 0 Å². The van der Waals surface area contributed by atoms with E-state index in [2.05, 4.69) is 36.6 Å². The van der Waals surface area contributed by atoms with Gasteiger partial charge in [-0.05, 0) is 69.5 Å². The van der Waals surface area contributed by atoms with Crippen molar-refractivity contribution in [1.82, 2.24) is 0 Å². The summed E-state index contributed by atoms with van der Waals surface area (Å²) in [4.78, 5) is 0.858. The Kier molecular flexibility index (Phi) is 4.58. The van der Waals surface area contributed by atoms with Crippen LogP contribution in [0.2, 0.25) is 0 Å². The van der Waals surface area contributed by atoms with Crippen LogP contribution in [0.5, 0.6) is 0 Å². The minimum Gasteiger partial charge on any atom is -0.279 e. The van der Waals surface area contributed by atoms with Gasteiger partial charge in [0.05, 0.1) is 13.9 Å². The maximum absolute atomic E-state index is 13.5. The number of halogens is 3. The van der Waals surface area contributed by atoms with E-state index in [-0.39, 0.29) is 10.6 Å². The second-order valence-corrected chi connectivity index (χ2v) is 9.30. The molecule has 0 saturated carbocycles. The number of aryl methyl sites for hydroxylation is 2. The summed E-state index contributed by atoms with van der Waals surface area (Å²) in [5.41, 5.74) is 0.862. The van der Waals surface area contributed by atoms with Gasteiger partial charge in [-0.3, -0.25) is 4.72 Å². The number of hydrogen-bond donors (Lipinski definition) is 1. The number of hydrogen-bond acceptors (Lipinski definition) is 3. The van der Waals surface area contributed by atoms with Gasteiger partial charge in [0.2, 0.25) is 0 Å². The van der Waals surface area contributed by atoms with Crippen molar-refractivity contribution in [1.29, 1.82) is 0 Å². The summed E-state index contributed by atoms with van der Waals surface area (Å²) in [6, 6.07) is 4.23. The van der Waals surface area contributed by atoms with Gasteiger partial charge in [-0.25, -0.2) is 12.8 Å². The Balaban J connectivity index is 2.43. The molecule has 20 heavy (non-hydrogen) atoms. The largest absolute Gasteiger partial charge is 0.279 e. The Labute approximate surface area is 137 Å². The molecular formula is C12H10Br2FNO2S2. The zero-order chi connectivity index (χ0) is 15.1. The lowest BCUT2D eigenvalue weighted by atomic mass is 10.2. The zero-order valence-electron chi connectivity index (χ0n) is 10.5. The van der Waals surface area contributed by atoms with Crippen molar-refractivity contribution >= 4 is 58.9 Å². The molecule has 108 valence electrons. The summed E-state index contributed by atoms with van der Waals surface area (Å²) in [5.74, 6) is -0.517. The molecule has 0 aliphatic rings. The fraction of sp³-hybridized carbons (Fsp3) is 0.167. The van der Waals surface area contributed by atoms with Gasteiger partial charge in [0.15, 0.2) is 0 Å². The molecule has 0 atom stereocenters. The first-order valence-corrected chi connectivity index (χ1v) is 9.33. The van der Waals surface area contributed by atoms with Gasteiger partial charge < -0.3 is 0 Å². The molecule has 0 unspecified atom stereocenters. The summed E-state index contributed by atoms with van der Waals surface area (Å²) >= 11 is 7.65. The van der Waals surface area contributed by atoms with Crippen molar-refractivity contribution in [3.63, 3.8) is 0 Å². The highest BCUT2D eigenvalue weighted by atomic mass is 79.9. The lowest BCUT2D eigenvalue weighted by Gasteiger charge is -2.11. The van der Waals surface area contributed by atoms with Crippen LogP contribution in [-0.4, -0.2) is 8.42 Å². The van der Waals surface area contributed by atoms with Crippen LogP contribution in [0.25, 0.3) is 0 Å². The molecule has 8 heteroatoms. The second-order valence-electron chi connectivity index (χ2n) is 4.16. The Hall–Kier alpha value is -0.440. The number of anilines is 1. The van der Waals surface area contributed by atoms with Gasteiger partial charge in [-0.1, -0.05) is 0 Å². The number of thiophene rings is 1.